The number of aromatic nitrogens is 4. The first-order valence-electron chi connectivity index (χ1n) is 10.3. The summed E-state index contributed by atoms with van der Waals surface area (Å²) in [5, 5.41) is 0. The van der Waals surface area contributed by atoms with Crippen LogP contribution in [0.15, 0.2) is 55.0 Å². The van der Waals surface area contributed by atoms with Gasteiger partial charge in [0, 0.05) is 31.7 Å². The number of nitrogens with zero attached hydrogens (tertiary/aromatic N) is 3. The average molecular weight is 387 g/mol. The molecule has 1 aliphatic rings. The Morgan fingerprint density at radius 3 is 2.86 bits per heavy atom. The predicted molar refractivity (Wildman–Crippen MR) is 114 cm³/mol. The fourth-order valence-electron chi connectivity index (χ4n) is 4.47. The van der Waals surface area contributed by atoms with E-state index in [2.05, 4.69) is 39.3 Å². The van der Waals surface area contributed by atoms with Crippen LogP contribution in [0, 0.1) is 0 Å². The van der Waals surface area contributed by atoms with Crippen LogP contribution in [-0.2, 0) is 26.1 Å². The molecular weight excluding hydrogens is 360 g/mol. The van der Waals surface area contributed by atoms with Crippen LogP contribution < -0.4 is 5.73 Å². The van der Waals surface area contributed by atoms with Gasteiger partial charge in [0.25, 0.3) is 0 Å². The van der Waals surface area contributed by atoms with Crippen molar-refractivity contribution in [3.63, 3.8) is 0 Å². The second-order valence-corrected chi connectivity index (χ2v) is 7.77. The number of imidazole rings is 1. The minimum atomic E-state index is 0.272. The van der Waals surface area contributed by atoms with Crippen molar-refractivity contribution in [2.24, 2.45) is 5.73 Å². The number of hydrogen-bond donors (Lipinski definition) is 3. The molecule has 1 aromatic carbocycles. The molecular formula is C23H26N6. The maximum atomic E-state index is 5.96. The summed E-state index contributed by atoms with van der Waals surface area (Å²) in [6.45, 7) is 2.09. The Hall–Kier alpha value is -2.96. The molecule has 6 heteroatoms. The number of aryl methyl sites for hydroxylation is 1. The lowest BCUT2D eigenvalue weighted by atomic mass is 9.90. The number of nitrogens with one attached hydrogen (secondary N) is 2. The lowest BCUT2D eigenvalue weighted by Crippen LogP contribution is -2.32. The molecule has 0 aliphatic heterocycles. The number of para-hydroxylation sites is 2. The van der Waals surface area contributed by atoms with Gasteiger partial charge in [-0.3, -0.25) is 9.88 Å². The largest absolute Gasteiger partial charge is 0.367 e. The molecule has 1 atom stereocenters. The van der Waals surface area contributed by atoms with E-state index in [9.17, 15) is 0 Å². The van der Waals surface area contributed by atoms with E-state index >= 15 is 0 Å². The normalized spacial score (nSPS) is 16.4. The lowest BCUT2D eigenvalue weighted by molar-refractivity contribution is 0.153. The maximum Gasteiger partial charge on any atom is 0.121 e. The van der Waals surface area contributed by atoms with Gasteiger partial charge >= 0.3 is 0 Å². The van der Waals surface area contributed by atoms with Crippen LogP contribution in [0.1, 0.15) is 47.1 Å². The third-order valence-electron chi connectivity index (χ3n) is 5.92. The number of pyridine rings is 1. The number of rotatable bonds is 6. The number of nitrogens with two attached hydrogens (primary N) is 1. The van der Waals surface area contributed by atoms with Crippen molar-refractivity contribution in [3.8, 4) is 0 Å². The zero-order valence-corrected chi connectivity index (χ0v) is 16.4. The molecule has 5 rings (SSSR count). The van der Waals surface area contributed by atoms with Crippen LogP contribution in [0.4, 0.5) is 0 Å². The Morgan fingerprint density at radius 1 is 1.07 bits per heavy atom. The Bertz CT molecular complexity index is 1080. The second-order valence-electron chi connectivity index (χ2n) is 7.77. The first-order chi connectivity index (χ1) is 14.3. The standard InChI is InChI=1S/C23H26N6/c24-11-17-12-25-13-18(17)14-29(15-22-27-19-7-1-2-8-20(19)28-22)21-9-3-5-16-6-4-10-26-23(16)21/h1-2,4,6-8,10,12-13,21,25H,3,5,9,11,14-15,24H2,(H,27,28). The average Bonchev–Trinajstić information content (AvgIpc) is 3.38. The van der Waals surface area contributed by atoms with E-state index in [1.807, 2.05) is 30.6 Å². The fraction of sp³-hybridized carbons (Fsp3) is 0.304. The quantitative estimate of drug-likeness (QED) is 0.470. The fourth-order valence-corrected chi connectivity index (χ4v) is 4.47. The highest BCUT2D eigenvalue weighted by Crippen LogP contribution is 2.35. The molecule has 0 amide bonds. The summed E-state index contributed by atoms with van der Waals surface area (Å²) < 4.78 is 0. The van der Waals surface area contributed by atoms with Gasteiger partial charge in [0.2, 0.25) is 0 Å². The highest BCUT2D eigenvalue weighted by atomic mass is 15.2. The summed E-state index contributed by atoms with van der Waals surface area (Å²) in [7, 11) is 0. The number of aromatic amines is 2. The van der Waals surface area contributed by atoms with E-state index in [1.165, 1.54) is 23.2 Å². The van der Waals surface area contributed by atoms with Gasteiger partial charge in [-0.25, -0.2) is 4.98 Å². The Balaban J connectivity index is 1.51. The van der Waals surface area contributed by atoms with E-state index in [1.54, 1.807) is 0 Å². The summed E-state index contributed by atoms with van der Waals surface area (Å²) in [6, 6.07) is 12.7. The molecule has 3 heterocycles. The third kappa shape index (κ3) is 3.57. The van der Waals surface area contributed by atoms with Crippen molar-refractivity contribution in [3.05, 3.63) is 83.2 Å². The van der Waals surface area contributed by atoms with Crippen molar-refractivity contribution >= 4 is 11.0 Å². The highest BCUT2D eigenvalue weighted by Gasteiger charge is 2.28. The molecule has 0 bridgehead atoms. The zero-order valence-electron chi connectivity index (χ0n) is 16.4. The topological polar surface area (TPSA) is 86.6 Å². The minimum absolute atomic E-state index is 0.272. The summed E-state index contributed by atoms with van der Waals surface area (Å²) in [5.41, 5.74) is 13.0. The van der Waals surface area contributed by atoms with Crippen molar-refractivity contribution in [2.75, 3.05) is 0 Å². The molecule has 4 N–H and O–H groups in total. The Morgan fingerprint density at radius 2 is 1.97 bits per heavy atom. The Kier molecular flexibility index (Phi) is 4.87. The second kappa shape index (κ2) is 7.81. The summed E-state index contributed by atoms with van der Waals surface area (Å²) in [4.78, 5) is 18.8. The molecule has 0 saturated heterocycles. The zero-order chi connectivity index (χ0) is 19.6. The van der Waals surface area contributed by atoms with E-state index < -0.39 is 0 Å². The van der Waals surface area contributed by atoms with Crippen LogP contribution in [0.3, 0.4) is 0 Å². The molecule has 29 heavy (non-hydrogen) atoms. The first kappa shape index (κ1) is 18.1. The lowest BCUT2D eigenvalue weighted by Gasteiger charge is -2.34. The minimum Gasteiger partial charge on any atom is -0.367 e. The van der Waals surface area contributed by atoms with Crippen molar-refractivity contribution in [1.29, 1.82) is 0 Å². The van der Waals surface area contributed by atoms with Gasteiger partial charge < -0.3 is 15.7 Å². The number of fused-ring (bicyclic) bond motifs is 2. The summed E-state index contributed by atoms with van der Waals surface area (Å²) >= 11 is 0. The third-order valence-corrected chi connectivity index (χ3v) is 5.92. The monoisotopic (exact) mass is 386 g/mol. The van der Waals surface area contributed by atoms with Gasteiger partial charge in [-0.05, 0) is 54.2 Å². The van der Waals surface area contributed by atoms with Crippen LogP contribution >= 0.6 is 0 Å². The summed E-state index contributed by atoms with van der Waals surface area (Å²) in [5.74, 6) is 0.985. The van der Waals surface area contributed by atoms with Gasteiger partial charge in [-0.1, -0.05) is 18.2 Å². The molecule has 0 spiro atoms. The van der Waals surface area contributed by atoms with Crippen molar-refractivity contribution in [2.45, 2.75) is 44.9 Å². The Labute approximate surface area is 170 Å². The van der Waals surface area contributed by atoms with E-state index in [0.717, 1.165) is 48.4 Å². The van der Waals surface area contributed by atoms with Gasteiger partial charge in [0.05, 0.1) is 29.3 Å². The molecule has 3 aromatic heterocycles. The molecule has 6 nitrogen and oxygen atoms in total. The summed E-state index contributed by atoms with van der Waals surface area (Å²) in [6.07, 6.45) is 9.37. The smallest absolute Gasteiger partial charge is 0.121 e. The molecule has 148 valence electrons. The predicted octanol–water partition coefficient (Wildman–Crippen LogP) is 3.82. The van der Waals surface area contributed by atoms with E-state index in [4.69, 9.17) is 15.7 Å². The number of hydrogen-bond acceptors (Lipinski definition) is 4. The highest BCUT2D eigenvalue weighted by molar-refractivity contribution is 5.74. The van der Waals surface area contributed by atoms with Gasteiger partial charge in [0.15, 0.2) is 0 Å². The molecule has 4 aromatic rings. The molecule has 0 radical (unpaired) electrons. The van der Waals surface area contributed by atoms with Crippen LogP contribution in [0.2, 0.25) is 0 Å². The van der Waals surface area contributed by atoms with Crippen molar-refractivity contribution in [1.82, 2.24) is 24.8 Å². The van der Waals surface area contributed by atoms with Crippen molar-refractivity contribution < 1.29 is 0 Å². The molecule has 1 unspecified atom stereocenters. The van der Waals surface area contributed by atoms with Crippen LogP contribution in [0.25, 0.3) is 11.0 Å². The van der Waals surface area contributed by atoms with Gasteiger partial charge in [-0.2, -0.15) is 0 Å². The SMILES string of the molecule is NCc1c[nH]cc1CN(Cc1nc2ccccc2[nH]1)C1CCCc2cccnc21. The molecule has 0 saturated carbocycles. The van der Waals surface area contributed by atoms with E-state index in [-0.39, 0.29) is 6.04 Å². The van der Waals surface area contributed by atoms with Gasteiger partial charge in [0.1, 0.15) is 5.82 Å². The van der Waals surface area contributed by atoms with E-state index in [0.29, 0.717) is 6.54 Å². The number of H-pyrrole nitrogens is 2. The van der Waals surface area contributed by atoms with Gasteiger partial charge in [-0.15, -0.1) is 0 Å². The maximum absolute atomic E-state index is 5.96. The number of benzene rings is 1. The molecule has 1 aliphatic carbocycles. The first-order valence-corrected chi connectivity index (χ1v) is 10.3. The molecule has 0 fully saturated rings. The van der Waals surface area contributed by atoms with Crippen LogP contribution in [-0.4, -0.2) is 24.8 Å². The van der Waals surface area contributed by atoms with Crippen LogP contribution in [0.5, 0.6) is 0 Å².